The average Bonchev–Trinajstić information content (AvgIpc) is 3.71. The predicted molar refractivity (Wildman–Crippen MR) is 205 cm³/mol. The minimum absolute atomic E-state index is 1.04. The van der Waals surface area contributed by atoms with Crippen LogP contribution in [0.4, 0.5) is 0 Å². The fourth-order valence-electron chi connectivity index (χ4n) is 14.2. The van der Waals surface area contributed by atoms with Crippen molar-refractivity contribution in [2.75, 3.05) is 0 Å². The van der Waals surface area contributed by atoms with Crippen LogP contribution in [0.5, 0.6) is 0 Å². The quantitative estimate of drug-likeness (QED) is 0.245. The van der Waals surface area contributed by atoms with Crippen LogP contribution in [0.2, 0.25) is 0 Å². The molecular formula is C47H84. The van der Waals surface area contributed by atoms with Crippen molar-refractivity contribution < 1.29 is 0 Å². The number of fused-ring (bicyclic) bond motifs is 12. The van der Waals surface area contributed by atoms with Crippen molar-refractivity contribution in [1.29, 1.82) is 0 Å². The van der Waals surface area contributed by atoms with Gasteiger partial charge in [-0.15, -0.1) is 0 Å². The maximum atomic E-state index is 2.47. The molecule has 0 radical (unpaired) electrons. The van der Waals surface area contributed by atoms with Gasteiger partial charge in [-0.1, -0.05) is 119 Å². The van der Waals surface area contributed by atoms with Crippen molar-refractivity contribution in [3.63, 3.8) is 0 Å². The Kier molecular flexibility index (Phi) is 13.7. The van der Waals surface area contributed by atoms with Gasteiger partial charge >= 0.3 is 0 Å². The molecule has 47 heavy (non-hydrogen) atoms. The molecular weight excluding hydrogens is 565 g/mol. The first-order valence-electron chi connectivity index (χ1n) is 22.7. The molecule has 0 aliphatic heterocycles. The zero-order chi connectivity index (χ0) is 32.9. The Morgan fingerprint density at radius 2 is 0.681 bits per heavy atom. The Bertz CT molecular complexity index is 846. The lowest BCUT2D eigenvalue weighted by Crippen LogP contribution is -2.22. The van der Waals surface area contributed by atoms with E-state index < -0.39 is 0 Å². The summed E-state index contributed by atoms with van der Waals surface area (Å²) < 4.78 is 0. The second-order valence-corrected chi connectivity index (χ2v) is 21.0. The van der Waals surface area contributed by atoms with Crippen LogP contribution in [0, 0.1) is 94.7 Å². The standard InChI is InChI=1S/2C10H18.3C9H16/c1-7-5-9-3-4-10(6-7)8(9)2;1-8-7-9-3-2-4-10(8)6-5-9;1-7-4-8-2-3-9(5-7)6-8;2*1-7-2-3-8-4-5-9(7)6-8/h7-10H,3-6H2,1-2H3;8-10H,2-7H2,1H3;3*7-9H,2-6H2,1H3. The molecule has 0 spiro atoms. The molecule has 0 amide bonds. The van der Waals surface area contributed by atoms with Crippen LogP contribution in [-0.2, 0) is 0 Å². The van der Waals surface area contributed by atoms with Crippen LogP contribution in [0.3, 0.4) is 0 Å². The maximum absolute atomic E-state index is 2.47. The Labute approximate surface area is 295 Å². The molecule has 11 fully saturated rings. The van der Waals surface area contributed by atoms with E-state index in [9.17, 15) is 0 Å². The molecule has 0 heterocycles. The number of rotatable bonds is 0. The summed E-state index contributed by atoms with van der Waals surface area (Å²) in [4.78, 5) is 0. The SMILES string of the molecule is CC1CC2CCC(C1)C2.CC1CC2CCC(C1)C2C.CC1CC2CCCC1CC2.CC1CCC2CCC1C2.CC1CCC2CCC1C2. The van der Waals surface area contributed by atoms with Crippen molar-refractivity contribution in [1.82, 2.24) is 0 Å². The van der Waals surface area contributed by atoms with Gasteiger partial charge in [-0.2, -0.15) is 0 Å². The van der Waals surface area contributed by atoms with Crippen molar-refractivity contribution >= 4 is 0 Å². The Hall–Kier alpha value is 0. The molecule has 11 aliphatic rings. The van der Waals surface area contributed by atoms with Gasteiger partial charge in [0.25, 0.3) is 0 Å². The highest BCUT2D eigenvalue weighted by molar-refractivity contribution is 4.89. The van der Waals surface area contributed by atoms with Gasteiger partial charge in [0.2, 0.25) is 0 Å². The monoisotopic (exact) mass is 649 g/mol. The molecule has 0 aromatic heterocycles. The summed E-state index contributed by atoms with van der Waals surface area (Å²) in [6.07, 6.45) is 38.6. The summed E-state index contributed by atoms with van der Waals surface area (Å²) >= 11 is 0. The van der Waals surface area contributed by atoms with Crippen molar-refractivity contribution in [3.8, 4) is 0 Å². The van der Waals surface area contributed by atoms with E-state index in [1.54, 1.807) is 83.5 Å². The van der Waals surface area contributed by atoms with Crippen LogP contribution >= 0.6 is 0 Å². The minimum Gasteiger partial charge on any atom is -0.0625 e. The highest BCUT2D eigenvalue weighted by atomic mass is 14.4. The third-order valence-corrected chi connectivity index (χ3v) is 17.4. The van der Waals surface area contributed by atoms with Crippen LogP contribution in [0.15, 0.2) is 0 Å². The molecule has 11 rings (SSSR count). The normalized spacial score (nSPS) is 49.9. The first-order valence-corrected chi connectivity index (χ1v) is 22.7. The van der Waals surface area contributed by atoms with Crippen molar-refractivity contribution in [3.05, 3.63) is 0 Å². The molecule has 0 nitrogen and oxygen atoms in total. The summed E-state index contributed by atoms with van der Waals surface area (Å²) in [5.41, 5.74) is 0. The molecule has 0 N–H and O–H groups in total. The molecule has 13 atom stereocenters. The summed E-state index contributed by atoms with van der Waals surface area (Å²) in [7, 11) is 0. The van der Waals surface area contributed by atoms with E-state index in [-0.39, 0.29) is 0 Å². The van der Waals surface area contributed by atoms with E-state index in [1.807, 2.05) is 0 Å². The van der Waals surface area contributed by atoms with Gasteiger partial charge in [0.15, 0.2) is 0 Å². The third kappa shape index (κ3) is 10.3. The maximum Gasteiger partial charge on any atom is -0.0383 e. The van der Waals surface area contributed by atoms with E-state index in [1.165, 1.54) is 77.0 Å². The second-order valence-electron chi connectivity index (χ2n) is 21.0. The summed E-state index contributed by atoms with van der Waals surface area (Å²) in [6.45, 7) is 14.6. The van der Waals surface area contributed by atoms with Crippen LogP contribution < -0.4 is 0 Å². The first kappa shape index (κ1) is 36.8. The van der Waals surface area contributed by atoms with Gasteiger partial charge in [0, 0.05) is 0 Å². The average molecular weight is 649 g/mol. The summed E-state index contributed by atoms with van der Waals surface area (Å²) in [5, 5.41) is 0. The van der Waals surface area contributed by atoms with E-state index in [4.69, 9.17) is 0 Å². The highest BCUT2D eigenvalue weighted by Gasteiger charge is 2.38. The Balaban J connectivity index is 0.000000103. The van der Waals surface area contributed by atoms with Gasteiger partial charge in [0.05, 0.1) is 0 Å². The smallest absolute Gasteiger partial charge is 0.0383 e. The molecule has 0 heteroatoms. The Morgan fingerprint density at radius 3 is 1.19 bits per heavy atom. The molecule has 11 aliphatic carbocycles. The van der Waals surface area contributed by atoms with E-state index in [0.29, 0.717) is 0 Å². The lowest BCUT2D eigenvalue weighted by atomic mass is 9.75. The lowest BCUT2D eigenvalue weighted by molar-refractivity contribution is 0.194. The number of hydrogen-bond donors (Lipinski definition) is 0. The summed E-state index contributed by atoms with van der Waals surface area (Å²) in [5.74, 6) is 17.6. The van der Waals surface area contributed by atoms with Gasteiger partial charge in [0.1, 0.15) is 0 Å². The molecule has 10 bridgehead atoms. The van der Waals surface area contributed by atoms with E-state index in [0.717, 1.165) is 94.7 Å². The summed E-state index contributed by atoms with van der Waals surface area (Å²) in [6, 6.07) is 0. The number of hydrogen-bond acceptors (Lipinski definition) is 0. The Morgan fingerprint density at radius 1 is 0.255 bits per heavy atom. The van der Waals surface area contributed by atoms with Crippen molar-refractivity contribution in [2.24, 2.45) is 94.7 Å². The molecule has 0 aromatic rings. The molecule has 11 saturated carbocycles. The third-order valence-electron chi connectivity index (χ3n) is 17.4. The molecule has 272 valence electrons. The van der Waals surface area contributed by atoms with Crippen LogP contribution in [-0.4, -0.2) is 0 Å². The van der Waals surface area contributed by atoms with Crippen LogP contribution in [0.1, 0.15) is 202 Å². The lowest BCUT2D eigenvalue weighted by Gasteiger charge is -2.31. The van der Waals surface area contributed by atoms with Gasteiger partial charge in [-0.25, -0.2) is 0 Å². The fourth-order valence-corrected chi connectivity index (χ4v) is 14.2. The zero-order valence-electron chi connectivity index (χ0n) is 32.9. The topological polar surface area (TPSA) is 0 Å². The fraction of sp³-hybridized carbons (Fsp3) is 1.00. The molecule has 13 unspecified atom stereocenters. The second kappa shape index (κ2) is 17.5. The first-order chi connectivity index (χ1) is 22.7. The minimum atomic E-state index is 1.04. The predicted octanol–water partition coefficient (Wildman–Crippen LogP) is 14.8. The zero-order valence-corrected chi connectivity index (χ0v) is 32.9. The van der Waals surface area contributed by atoms with E-state index >= 15 is 0 Å². The van der Waals surface area contributed by atoms with Crippen molar-refractivity contribution in [2.45, 2.75) is 202 Å². The largest absolute Gasteiger partial charge is 0.0625 e. The van der Waals surface area contributed by atoms with Gasteiger partial charge in [-0.3, -0.25) is 0 Å². The van der Waals surface area contributed by atoms with Gasteiger partial charge in [-0.05, 0) is 178 Å². The molecule has 0 saturated heterocycles. The van der Waals surface area contributed by atoms with Gasteiger partial charge < -0.3 is 0 Å². The van der Waals surface area contributed by atoms with Crippen LogP contribution in [0.25, 0.3) is 0 Å². The highest BCUT2D eigenvalue weighted by Crippen LogP contribution is 2.49. The van der Waals surface area contributed by atoms with E-state index in [2.05, 4.69) is 41.5 Å². The molecule has 0 aromatic carbocycles.